The molecule has 0 saturated heterocycles. The lowest BCUT2D eigenvalue weighted by molar-refractivity contribution is 0.505. The molecular weight excluding hydrogens is 450 g/mol. The number of aryl methyl sites for hydroxylation is 1. The van der Waals surface area contributed by atoms with Crippen molar-refractivity contribution in [3.63, 3.8) is 0 Å². The zero-order valence-corrected chi connectivity index (χ0v) is 14.7. The SMILES string of the molecule is CCCCCc1oc(-c2ccccc2)c(I)c1I. The van der Waals surface area contributed by atoms with E-state index in [-0.39, 0.29) is 0 Å². The zero-order valence-electron chi connectivity index (χ0n) is 10.4. The van der Waals surface area contributed by atoms with Gasteiger partial charge in [0.1, 0.15) is 11.5 Å². The summed E-state index contributed by atoms with van der Waals surface area (Å²) >= 11 is 4.79. The van der Waals surface area contributed by atoms with Crippen LogP contribution in [-0.2, 0) is 6.42 Å². The van der Waals surface area contributed by atoms with E-state index in [1.807, 2.05) is 6.07 Å². The maximum absolute atomic E-state index is 6.06. The Morgan fingerprint density at radius 3 is 2.39 bits per heavy atom. The van der Waals surface area contributed by atoms with E-state index in [0.29, 0.717) is 0 Å². The number of unbranched alkanes of at least 4 members (excludes halogenated alkanes) is 2. The fourth-order valence-electron chi connectivity index (χ4n) is 1.91. The highest BCUT2D eigenvalue weighted by atomic mass is 127. The molecule has 18 heavy (non-hydrogen) atoms. The van der Waals surface area contributed by atoms with E-state index in [2.05, 4.69) is 76.4 Å². The summed E-state index contributed by atoms with van der Waals surface area (Å²) < 4.78 is 8.59. The highest BCUT2D eigenvalue weighted by Gasteiger charge is 2.16. The van der Waals surface area contributed by atoms with Gasteiger partial charge in [-0.3, -0.25) is 0 Å². The minimum atomic E-state index is 1.02. The Hall–Kier alpha value is -0.0400. The first-order valence-corrected chi connectivity index (χ1v) is 8.42. The van der Waals surface area contributed by atoms with Crippen LogP contribution in [0.25, 0.3) is 11.3 Å². The number of rotatable bonds is 5. The van der Waals surface area contributed by atoms with Crippen LogP contribution in [0.5, 0.6) is 0 Å². The van der Waals surface area contributed by atoms with Crippen LogP contribution < -0.4 is 0 Å². The summed E-state index contributed by atoms with van der Waals surface area (Å²) in [5, 5.41) is 0. The van der Waals surface area contributed by atoms with Crippen LogP contribution in [0.15, 0.2) is 34.7 Å². The van der Waals surface area contributed by atoms with Crippen LogP contribution >= 0.6 is 45.2 Å². The van der Waals surface area contributed by atoms with Gasteiger partial charge in [0.05, 0.1) is 7.14 Å². The van der Waals surface area contributed by atoms with Crippen molar-refractivity contribution in [1.82, 2.24) is 0 Å². The summed E-state index contributed by atoms with van der Waals surface area (Å²) in [6.07, 6.45) is 4.78. The third-order valence-corrected chi connectivity index (χ3v) is 6.11. The van der Waals surface area contributed by atoms with E-state index < -0.39 is 0 Å². The Kier molecular flexibility index (Phi) is 5.54. The van der Waals surface area contributed by atoms with Crippen molar-refractivity contribution in [2.75, 3.05) is 0 Å². The summed E-state index contributed by atoms with van der Waals surface area (Å²) in [5.74, 6) is 2.17. The molecule has 2 rings (SSSR count). The second-order valence-corrected chi connectivity index (χ2v) is 6.46. The molecule has 3 heteroatoms. The number of benzene rings is 1. The second-order valence-electron chi connectivity index (χ2n) is 4.31. The molecule has 0 aliphatic heterocycles. The van der Waals surface area contributed by atoms with Crippen molar-refractivity contribution < 1.29 is 4.42 Å². The third-order valence-electron chi connectivity index (χ3n) is 2.91. The smallest absolute Gasteiger partial charge is 0.148 e. The minimum absolute atomic E-state index is 1.02. The number of halogens is 2. The molecule has 1 aromatic heterocycles. The van der Waals surface area contributed by atoms with Crippen molar-refractivity contribution in [2.45, 2.75) is 32.6 Å². The van der Waals surface area contributed by atoms with Gasteiger partial charge >= 0.3 is 0 Å². The standard InChI is InChI=1S/C15H16I2O/c1-2-3-5-10-12-13(16)14(17)15(18-12)11-8-6-4-7-9-11/h4,6-9H,2-3,5,10H2,1H3. The maximum Gasteiger partial charge on any atom is 0.148 e. The van der Waals surface area contributed by atoms with Crippen LogP contribution in [0.3, 0.4) is 0 Å². The lowest BCUT2D eigenvalue weighted by Crippen LogP contribution is -1.85. The predicted molar refractivity (Wildman–Crippen MR) is 92.8 cm³/mol. The molecule has 0 amide bonds. The predicted octanol–water partition coefficient (Wildman–Crippen LogP) is 5.89. The van der Waals surface area contributed by atoms with Crippen LogP contribution in [-0.4, -0.2) is 0 Å². The lowest BCUT2D eigenvalue weighted by atomic mass is 10.1. The largest absolute Gasteiger partial charge is 0.459 e. The van der Waals surface area contributed by atoms with Gasteiger partial charge in [-0.05, 0) is 51.6 Å². The van der Waals surface area contributed by atoms with Crippen molar-refractivity contribution in [2.24, 2.45) is 0 Å². The van der Waals surface area contributed by atoms with E-state index in [0.717, 1.165) is 17.9 Å². The highest BCUT2D eigenvalue weighted by Crippen LogP contribution is 2.34. The van der Waals surface area contributed by atoms with Crippen molar-refractivity contribution in [3.05, 3.63) is 43.2 Å². The Bertz CT molecular complexity index is 503. The second kappa shape index (κ2) is 6.93. The summed E-state index contributed by atoms with van der Waals surface area (Å²) in [7, 11) is 0. The molecule has 0 N–H and O–H groups in total. The van der Waals surface area contributed by atoms with Gasteiger partial charge in [0.15, 0.2) is 0 Å². The van der Waals surface area contributed by atoms with Crippen LogP contribution in [0, 0.1) is 7.14 Å². The van der Waals surface area contributed by atoms with Crippen molar-refractivity contribution in [3.8, 4) is 11.3 Å². The minimum Gasteiger partial charge on any atom is -0.459 e. The molecule has 1 aromatic carbocycles. The number of hydrogen-bond donors (Lipinski definition) is 0. The first-order chi connectivity index (χ1) is 8.74. The van der Waals surface area contributed by atoms with Crippen LogP contribution in [0.1, 0.15) is 31.9 Å². The van der Waals surface area contributed by atoms with E-state index >= 15 is 0 Å². The summed E-state index contributed by atoms with van der Waals surface area (Å²) in [6.45, 7) is 2.23. The van der Waals surface area contributed by atoms with E-state index in [9.17, 15) is 0 Å². The molecule has 0 aliphatic carbocycles. The molecule has 1 nitrogen and oxygen atoms in total. The van der Waals surface area contributed by atoms with Gasteiger partial charge in [-0.25, -0.2) is 0 Å². The normalized spacial score (nSPS) is 10.8. The molecule has 0 aliphatic rings. The Balaban J connectivity index is 2.25. The molecule has 2 aromatic rings. The van der Waals surface area contributed by atoms with E-state index in [1.54, 1.807) is 0 Å². The highest BCUT2D eigenvalue weighted by molar-refractivity contribution is 14.1. The molecular formula is C15H16I2O. The summed E-state index contributed by atoms with van der Waals surface area (Å²) in [4.78, 5) is 0. The van der Waals surface area contributed by atoms with Gasteiger partial charge in [0.25, 0.3) is 0 Å². The first-order valence-electron chi connectivity index (χ1n) is 6.26. The van der Waals surface area contributed by atoms with Crippen LogP contribution in [0.4, 0.5) is 0 Å². The molecule has 1 heterocycles. The Morgan fingerprint density at radius 1 is 1.00 bits per heavy atom. The molecule has 96 valence electrons. The lowest BCUT2D eigenvalue weighted by Gasteiger charge is -1.98. The molecule has 0 radical (unpaired) electrons. The van der Waals surface area contributed by atoms with Crippen molar-refractivity contribution >= 4 is 45.2 Å². The molecule has 0 atom stereocenters. The third kappa shape index (κ3) is 3.29. The van der Waals surface area contributed by atoms with Gasteiger partial charge < -0.3 is 4.42 Å². The van der Waals surface area contributed by atoms with Gasteiger partial charge in [-0.1, -0.05) is 50.1 Å². The summed E-state index contributed by atoms with van der Waals surface area (Å²) in [5.41, 5.74) is 1.17. The average molecular weight is 466 g/mol. The summed E-state index contributed by atoms with van der Waals surface area (Å²) in [6, 6.07) is 10.3. The zero-order chi connectivity index (χ0) is 13.0. The van der Waals surface area contributed by atoms with Crippen LogP contribution in [0.2, 0.25) is 0 Å². The monoisotopic (exact) mass is 466 g/mol. The number of hydrogen-bond acceptors (Lipinski definition) is 1. The van der Waals surface area contributed by atoms with Gasteiger partial charge in [-0.2, -0.15) is 0 Å². The maximum atomic E-state index is 6.06. The molecule has 0 bridgehead atoms. The topological polar surface area (TPSA) is 13.1 Å². The van der Waals surface area contributed by atoms with E-state index in [4.69, 9.17) is 4.42 Å². The number of furan rings is 1. The first kappa shape index (κ1) is 14.4. The fourth-order valence-corrected chi connectivity index (χ4v) is 3.25. The fraction of sp³-hybridized carbons (Fsp3) is 0.333. The van der Waals surface area contributed by atoms with Gasteiger partial charge in [0, 0.05) is 12.0 Å². The Morgan fingerprint density at radius 2 is 1.72 bits per heavy atom. The van der Waals surface area contributed by atoms with E-state index in [1.165, 1.54) is 32.0 Å². The average Bonchev–Trinajstić information content (AvgIpc) is 2.68. The Labute approximate surface area is 136 Å². The van der Waals surface area contributed by atoms with Crippen molar-refractivity contribution in [1.29, 1.82) is 0 Å². The van der Waals surface area contributed by atoms with Gasteiger partial charge in [0.2, 0.25) is 0 Å². The molecule has 0 saturated carbocycles. The molecule has 0 fully saturated rings. The van der Waals surface area contributed by atoms with Gasteiger partial charge in [-0.15, -0.1) is 0 Å². The molecule has 0 unspecified atom stereocenters. The quantitative estimate of drug-likeness (QED) is 0.396. The molecule has 0 spiro atoms.